The predicted octanol–water partition coefficient (Wildman–Crippen LogP) is 2.93. The highest BCUT2D eigenvalue weighted by atomic mass is 19.4. The molecule has 0 amide bonds. The van der Waals surface area contributed by atoms with Gasteiger partial charge in [-0.2, -0.15) is 13.2 Å². The first kappa shape index (κ1) is 18.2. The van der Waals surface area contributed by atoms with Crippen molar-refractivity contribution in [2.45, 2.75) is 25.6 Å². The van der Waals surface area contributed by atoms with E-state index in [-0.39, 0.29) is 5.41 Å². The van der Waals surface area contributed by atoms with E-state index < -0.39 is 23.6 Å². The molecule has 25 heavy (non-hydrogen) atoms. The molecule has 0 unspecified atom stereocenters. The molecule has 1 aromatic rings. The number of carbonyl (C=O) groups is 1. The number of alkyl halides is 3. The molecular weight excluding hydrogens is 333 g/mol. The lowest BCUT2D eigenvalue weighted by atomic mass is 9.71. The van der Waals surface area contributed by atoms with Crippen molar-refractivity contribution >= 4 is 5.97 Å². The van der Waals surface area contributed by atoms with E-state index in [1.54, 1.807) is 0 Å². The summed E-state index contributed by atoms with van der Waals surface area (Å²) in [5.41, 5.74) is -0.0976. The lowest BCUT2D eigenvalue weighted by Gasteiger charge is -2.40. The lowest BCUT2D eigenvalue weighted by molar-refractivity contribution is -0.145. The Morgan fingerprint density at radius 1 is 1.24 bits per heavy atom. The van der Waals surface area contributed by atoms with E-state index in [4.69, 9.17) is 0 Å². The number of carboxylic acid groups (broad SMARTS) is 1. The van der Waals surface area contributed by atoms with E-state index in [0.717, 1.165) is 43.6 Å². The van der Waals surface area contributed by atoms with Gasteiger partial charge in [0.25, 0.3) is 0 Å². The molecule has 2 saturated heterocycles. The van der Waals surface area contributed by atoms with Crippen molar-refractivity contribution in [2.75, 3.05) is 33.2 Å². The van der Waals surface area contributed by atoms with Crippen LogP contribution in [0.5, 0.6) is 0 Å². The van der Waals surface area contributed by atoms with Crippen molar-refractivity contribution in [3.63, 3.8) is 0 Å². The summed E-state index contributed by atoms with van der Waals surface area (Å²) in [5.74, 6) is -1.17. The number of piperidine rings is 1. The molecule has 0 radical (unpaired) electrons. The highest BCUT2D eigenvalue weighted by molar-refractivity contribution is 5.72. The molecule has 1 spiro atoms. The van der Waals surface area contributed by atoms with Crippen LogP contribution in [-0.4, -0.2) is 54.1 Å². The zero-order chi connectivity index (χ0) is 18.2. The highest BCUT2D eigenvalue weighted by Gasteiger charge is 2.50. The molecule has 4 nitrogen and oxygen atoms in total. The number of carboxylic acids is 1. The van der Waals surface area contributed by atoms with Gasteiger partial charge in [0.05, 0.1) is 11.5 Å². The molecule has 1 N–H and O–H groups in total. The van der Waals surface area contributed by atoms with E-state index >= 15 is 0 Å². The minimum absolute atomic E-state index is 0.218. The van der Waals surface area contributed by atoms with Gasteiger partial charge in [0.15, 0.2) is 0 Å². The third-order valence-corrected chi connectivity index (χ3v) is 5.69. The Hall–Kier alpha value is -1.60. The van der Waals surface area contributed by atoms with Gasteiger partial charge >= 0.3 is 12.1 Å². The van der Waals surface area contributed by atoms with E-state index in [1.807, 2.05) is 7.05 Å². The first-order valence-electron chi connectivity index (χ1n) is 8.49. The minimum Gasteiger partial charge on any atom is -0.481 e. The maximum absolute atomic E-state index is 12.7. The van der Waals surface area contributed by atoms with Crippen LogP contribution in [-0.2, 0) is 17.5 Å². The standard InChI is InChI=1S/C18H23F3N2O2/c1-22-8-6-17(7-9-22)12-23(11-15(17)16(24)25)10-13-2-4-14(5-3-13)18(19,20)21/h2-5,15H,6-12H2,1H3,(H,24,25)/t15-/m1/s1. The van der Waals surface area contributed by atoms with Crippen LogP contribution in [0.25, 0.3) is 0 Å². The van der Waals surface area contributed by atoms with Crippen molar-refractivity contribution < 1.29 is 23.1 Å². The molecule has 138 valence electrons. The normalized spacial score (nSPS) is 24.7. The average Bonchev–Trinajstić information content (AvgIpc) is 2.88. The van der Waals surface area contributed by atoms with Crippen LogP contribution in [0.15, 0.2) is 24.3 Å². The third kappa shape index (κ3) is 3.82. The second-order valence-corrected chi connectivity index (χ2v) is 7.42. The molecule has 2 aliphatic heterocycles. The Kier molecular flexibility index (Phi) is 4.81. The number of hydrogen-bond acceptors (Lipinski definition) is 3. The van der Waals surface area contributed by atoms with Crippen molar-refractivity contribution in [3.05, 3.63) is 35.4 Å². The Labute approximate surface area is 145 Å². The maximum atomic E-state index is 12.7. The van der Waals surface area contributed by atoms with Gasteiger partial charge < -0.3 is 10.0 Å². The molecule has 0 aromatic heterocycles. The fourth-order valence-corrected chi connectivity index (χ4v) is 4.16. The number of aliphatic carboxylic acids is 1. The summed E-state index contributed by atoms with van der Waals surface area (Å²) in [6.45, 7) is 3.41. The van der Waals surface area contributed by atoms with Gasteiger partial charge in [0.2, 0.25) is 0 Å². The molecule has 1 aromatic carbocycles. The summed E-state index contributed by atoms with van der Waals surface area (Å²) < 4.78 is 38.0. The van der Waals surface area contributed by atoms with Crippen molar-refractivity contribution in [3.8, 4) is 0 Å². The van der Waals surface area contributed by atoms with Gasteiger partial charge in [-0.05, 0) is 50.7 Å². The fourth-order valence-electron chi connectivity index (χ4n) is 4.16. The molecule has 7 heteroatoms. The average molecular weight is 356 g/mol. The second kappa shape index (κ2) is 6.61. The topological polar surface area (TPSA) is 43.8 Å². The van der Waals surface area contributed by atoms with Crippen LogP contribution >= 0.6 is 0 Å². The first-order valence-corrected chi connectivity index (χ1v) is 8.49. The maximum Gasteiger partial charge on any atom is 0.416 e. The summed E-state index contributed by atoms with van der Waals surface area (Å²) in [6, 6.07) is 5.15. The van der Waals surface area contributed by atoms with Crippen LogP contribution in [0.2, 0.25) is 0 Å². The van der Waals surface area contributed by atoms with Crippen LogP contribution < -0.4 is 0 Å². The fraction of sp³-hybridized carbons (Fsp3) is 0.611. The molecule has 3 rings (SSSR count). The van der Waals surface area contributed by atoms with Gasteiger partial charge in [0, 0.05) is 25.0 Å². The molecular formula is C18H23F3N2O2. The number of rotatable bonds is 3. The van der Waals surface area contributed by atoms with Gasteiger partial charge in [-0.3, -0.25) is 9.69 Å². The predicted molar refractivity (Wildman–Crippen MR) is 87.0 cm³/mol. The summed E-state index contributed by atoms with van der Waals surface area (Å²) in [6.07, 6.45) is -2.63. The Balaban J connectivity index is 1.71. The molecule has 2 fully saturated rings. The molecule has 2 heterocycles. The number of hydrogen-bond donors (Lipinski definition) is 1. The van der Waals surface area contributed by atoms with Gasteiger partial charge in [-0.25, -0.2) is 0 Å². The van der Waals surface area contributed by atoms with Gasteiger partial charge in [0.1, 0.15) is 0 Å². The molecule has 2 aliphatic rings. The first-order chi connectivity index (χ1) is 11.7. The summed E-state index contributed by atoms with van der Waals surface area (Å²) in [5, 5.41) is 9.64. The van der Waals surface area contributed by atoms with Crippen molar-refractivity contribution in [2.24, 2.45) is 11.3 Å². The third-order valence-electron chi connectivity index (χ3n) is 5.69. The molecule has 1 atom stereocenters. The summed E-state index contributed by atoms with van der Waals surface area (Å²) >= 11 is 0. The number of nitrogens with zero attached hydrogens (tertiary/aromatic N) is 2. The molecule has 0 aliphatic carbocycles. The molecule has 0 bridgehead atoms. The zero-order valence-electron chi connectivity index (χ0n) is 14.2. The minimum atomic E-state index is -4.33. The Bertz CT molecular complexity index is 622. The van der Waals surface area contributed by atoms with Crippen LogP contribution in [0.3, 0.4) is 0 Å². The van der Waals surface area contributed by atoms with Crippen LogP contribution in [0.4, 0.5) is 13.2 Å². The SMILES string of the molecule is CN1CCC2(CC1)CN(Cc1ccc(C(F)(F)F)cc1)C[C@@H]2C(=O)O. The second-order valence-electron chi connectivity index (χ2n) is 7.42. The molecule has 0 saturated carbocycles. The monoisotopic (exact) mass is 356 g/mol. The van der Waals surface area contributed by atoms with Crippen LogP contribution in [0.1, 0.15) is 24.0 Å². The van der Waals surface area contributed by atoms with Crippen molar-refractivity contribution in [1.29, 1.82) is 0 Å². The summed E-state index contributed by atoms with van der Waals surface area (Å²) in [7, 11) is 2.04. The number of likely N-dealkylation sites (tertiary alicyclic amines) is 2. The van der Waals surface area contributed by atoms with Crippen LogP contribution in [0, 0.1) is 11.3 Å². The smallest absolute Gasteiger partial charge is 0.416 e. The number of benzene rings is 1. The summed E-state index contributed by atoms with van der Waals surface area (Å²) in [4.78, 5) is 16.0. The Morgan fingerprint density at radius 3 is 2.36 bits per heavy atom. The highest BCUT2D eigenvalue weighted by Crippen LogP contribution is 2.45. The van der Waals surface area contributed by atoms with Gasteiger partial charge in [-0.1, -0.05) is 12.1 Å². The van der Waals surface area contributed by atoms with E-state index in [0.29, 0.717) is 19.6 Å². The zero-order valence-corrected chi connectivity index (χ0v) is 14.2. The quantitative estimate of drug-likeness (QED) is 0.904. The van der Waals surface area contributed by atoms with E-state index in [1.165, 1.54) is 12.1 Å². The van der Waals surface area contributed by atoms with E-state index in [9.17, 15) is 23.1 Å². The lowest BCUT2D eigenvalue weighted by Crippen LogP contribution is -2.44. The largest absolute Gasteiger partial charge is 0.481 e. The van der Waals surface area contributed by atoms with E-state index in [2.05, 4.69) is 9.80 Å². The van der Waals surface area contributed by atoms with Crippen molar-refractivity contribution in [1.82, 2.24) is 9.80 Å². The Morgan fingerprint density at radius 2 is 1.84 bits per heavy atom. The van der Waals surface area contributed by atoms with Gasteiger partial charge in [-0.15, -0.1) is 0 Å². The number of halogens is 3.